The molecule has 0 aromatic heterocycles. The number of benzene rings is 1. The fraction of sp³-hybridized carbons (Fsp3) is 0.700. The van der Waals surface area contributed by atoms with Crippen LogP contribution < -0.4 is 0 Å². The molecule has 0 spiro atoms. The topological polar surface area (TPSA) is 9.23 Å². The first kappa shape index (κ1) is 17.9. The molecule has 0 saturated carbocycles. The molecule has 1 aliphatic rings. The van der Waals surface area contributed by atoms with E-state index in [0.717, 1.165) is 6.61 Å². The molecule has 0 N–H and O–H groups in total. The van der Waals surface area contributed by atoms with E-state index < -0.39 is 0 Å². The Kier molecular flexibility index (Phi) is 9.04. The third-order valence-electron chi connectivity index (χ3n) is 4.59. The smallest absolute Gasteiger partial charge is 0.0644 e. The first-order chi connectivity index (χ1) is 10.9. The highest BCUT2D eigenvalue weighted by Crippen LogP contribution is 2.33. The van der Waals surface area contributed by atoms with Crippen molar-refractivity contribution in [3.8, 4) is 0 Å². The summed E-state index contributed by atoms with van der Waals surface area (Å²) in [5.41, 5.74) is 1.47. The predicted octanol–water partition coefficient (Wildman–Crippen LogP) is 6.04. The summed E-state index contributed by atoms with van der Waals surface area (Å²) >= 11 is 2.14. The molecule has 22 heavy (non-hydrogen) atoms. The third kappa shape index (κ3) is 6.34. The Morgan fingerprint density at radius 3 is 2.64 bits per heavy atom. The second-order valence-corrected chi connectivity index (χ2v) is 7.61. The molecule has 1 nitrogen and oxygen atoms in total. The summed E-state index contributed by atoms with van der Waals surface area (Å²) in [6, 6.07) is 11.0. The van der Waals surface area contributed by atoms with Gasteiger partial charge in [0.05, 0.1) is 6.10 Å². The molecule has 1 aromatic rings. The average Bonchev–Trinajstić information content (AvgIpc) is 3.08. The van der Waals surface area contributed by atoms with Crippen LogP contribution in [-0.4, -0.2) is 24.2 Å². The molecule has 2 unspecified atom stereocenters. The van der Waals surface area contributed by atoms with E-state index in [0.29, 0.717) is 12.0 Å². The van der Waals surface area contributed by atoms with Gasteiger partial charge < -0.3 is 4.74 Å². The molecule has 0 radical (unpaired) electrons. The lowest BCUT2D eigenvalue weighted by Crippen LogP contribution is -2.18. The van der Waals surface area contributed by atoms with Crippen molar-refractivity contribution in [1.82, 2.24) is 0 Å². The Balaban J connectivity index is 1.69. The van der Waals surface area contributed by atoms with Gasteiger partial charge in [-0.1, -0.05) is 56.5 Å². The molecule has 124 valence electrons. The van der Waals surface area contributed by atoms with Crippen molar-refractivity contribution >= 4 is 11.8 Å². The summed E-state index contributed by atoms with van der Waals surface area (Å²) < 4.78 is 5.99. The lowest BCUT2D eigenvalue weighted by Gasteiger charge is -2.23. The van der Waals surface area contributed by atoms with Crippen LogP contribution in [0.1, 0.15) is 69.8 Å². The van der Waals surface area contributed by atoms with Crippen LogP contribution in [0, 0.1) is 0 Å². The molecule has 2 atom stereocenters. The monoisotopic (exact) mass is 320 g/mol. The normalized spacial score (nSPS) is 19.4. The summed E-state index contributed by atoms with van der Waals surface area (Å²) in [7, 11) is 0. The Bertz CT molecular complexity index is 373. The van der Waals surface area contributed by atoms with E-state index in [1.165, 1.54) is 68.4 Å². The average molecular weight is 321 g/mol. The molecule has 1 heterocycles. The van der Waals surface area contributed by atoms with Crippen LogP contribution in [0.3, 0.4) is 0 Å². The van der Waals surface area contributed by atoms with Gasteiger partial charge in [-0.3, -0.25) is 0 Å². The van der Waals surface area contributed by atoms with Gasteiger partial charge in [-0.15, -0.1) is 0 Å². The zero-order valence-electron chi connectivity index (χ0n) is 14.1. The largest absolute Gasteiger partial charge is 0.378 e. The van der Waals surface area contributed by atoms with E-state index in [9.17, 15) is 0 Å². The highest BCUT2D eigenvalue weighted by Gasteiger charge is 2.26. The van der Waals surface area contributed by atoms with Gasteiger partial charge in [0.1, 0.15) is 0 Å². The lowest BCUT2D eigenvalue weighted by molar-refractivity contribution is 0.0857. The van der Waals surface area contributed by atoms with Crippen LogP contribution in [0.15, 0.2) is 30.3 Å². The van der Waals surface area contributed by atoms with Gasteiger partial charge in [-0.05, 0) is 49.2 Å². The van der Waals surface area contributed by atoms with Gasteiger partial charge in [0.25, 0.3) is 0 Å². The van der Waals surface area contributed by atoms with Crippen LogP contribution in [-0.2, 0) is 4.74 Å². The second kappa shape index (κ2) is 11.1. The van der Waals surface area contributed by atoms with Crippen molar-refractivity contribution in [1.29, 1.82) is 0 Å². The van der Waals surface area contributed by atoms with Crippen molar-refractivity contribution in [2.75, 3.05) is 18.1 Å². The van der Waals surface area contributed by atoms with Gasteiger partial charge in [-0.25, -0.2) is 0 Å². The molecule has 0 bridgehead atoms. The number of ether oxygens (including phenoxy) is 1. The zero-order chi connectivity index (χ0) is 15.5. The Labute approximate surface area is 141 Å². The summed E-state index contributed by atoms with van der Waals surface area (Å²) in [6.07, 6.45) is 11.1. The van der Waals surface area contributed by atoms with Gasteiger partial charge in [0, 0.05) is 12.5 Å². The van der Waals surface area contributed by atoms with Gasteiger partial charge in [0.15, 0.2) is 0 Å². The maximum absolute atomic E-state index is 5.99. The van der Waals surface area contributed by atoms with Crippen molar-refractivity contribution in [3.63, 3.8) is 0 Å². The van der Waals surface area contributed by atoms with Gasteiger partial charge in [-0.2, -0.15) is 11.8 Å². The lowest BCUT2D eigenvalue weighted by atomic mass is 9.88. The minimum absolute atomic E-state index is 0.456. The van der Waals surface area contributed by atoms with Crippen molar-refractivity contribution in [2.45, 2.75) is 70.3 Å². The Morgan fingerprint density at radius 2 is 1.91 bits per heavy atom. The summed E-state index contributed by atoms with van der Waals surface area (Å²) in [5, 5.41) is 0. The highest BCUT2D eigenvalue weighted by molar-refractivity contribution is 7.99. The fourth-order valence-corrected chi connectivity index (χ4v) is 4.31. The van der Waals surface area contributed by atoms with Crippen molar-refractivity contribution < 1.29 is 4.74 Å². The number of hydrogen-bond donors (Lipinski definition) is 0. The van der Waals surface area contributed by atoms with E-state index in [-0.39, 0.29) is 0 Å². The molecule has 2 heteroatoms. The predicted molar refractivity (Wildman–Crippen MR) is 98.9 cm³/mol. The Hall–Kier alpha value is -0.470. The SMILES string of the molecule is CCCCCCSCCCC(c1ccccc1)C1CCCO1. The molecule has 1 aromatic carbocycles. The second-order valence-electron chi connectivity index (χ2n) is 6.38. The summed E-state index contributed by atoms with van der Waals surface area (Å²) in [6.45, 7) is 3.24. The van der Waals surface area contributed by atoms with Gasteiger partial charge >= 0.3 is 0 Å². The van der Waals surface area contributed by atoms with E-state index in [2.05, 4.69) is 49.0 Å². The van der Waals surface area contributed by atoms with Crippen molar-refractivity contribution in [2.24, 2.45) is 0 Å². The standard InChI is InChI=1S/C20H32OS/c1-2-3-4-8-16-22-17-10-13-19(20-14-9-15-21-20)18-11-6-5-7-12-18/h5-7,11-12,19-20H,2-4,8-10,13-17H2,1H3. The van der Waals surface area contributed by atoms with Crippen LogP contribution in [0.5, 0.6) is 0 Å². The van der Waals surface area contributed by atoms with Crippen LogP contribution in [0.4, 0.5) is 0 Å². The highest BCUT2D eigenvalue weighted by atomic mass is 32.2. The number of thioether (sulfide) groups is 1. The van der Waals surface area contributed by atoms with E-state index >= 15 is 0 Å². The van der Waals surface area contributed by atoms with E-state index in [1.54, 1.807) is 0 Å². The molecule has 1 aliphatic heterocycles. The number of hydrogen-bond acceptors (Lipinski definition) is 2. The third-order valence-corrected chi connectivity index (χ3v) is 5.74. The summed E-state index contributed by atoms with van der Waals surface area (Å²) in [5.74, 6) is 3.25. The molecular weight excluding hydrogens is 288 g/mol. The first-order valence-electron chi connectivity index (χ1n) is 9.16. The quantitative estimate of drug-likeness (QED) is 0.459. The van der Waals surface area contributed by atoms with Gasteiger partial charge in [0.2, 0.25) is 0 Å². The van der Waals surface area contributed by atoms with Crippen LogP contribution in [0.2, 0.25) is 0 Å². The first-order valence-corrected chi connectivity index (χ1v) is 10.3. The van der Waals surface area contributed by atoms with E-state index in [1.807, 2.05) is 0 Å². The zero-order valence-corrected chi connectivity index (χ0v) is 15.0. The number of unbranched alkanes of at least 4 members (excludes halogenated alkanes) is 3. The molecule has 0 aliphatic carbocycles. The Morgan fingerprint density at radius 1 is 1.09 bits per heavy atom. The molecule has 1 fully saturated rings. The van der Waals surface area contributed by atoms with Crippen molar-refractivity contribution in [3.05, 3.63) is 35.9 Å². The van der Waals surface area contributed by atoms with Crippen LogP contribution >= 0.6 is 11.8 Å². The molecule has 0 amide bonds. The molecule has 1 saturated heterocycles. The van der Waals surface area contributed by atoms with E-state index in [4.69, 9.17) is 4.74 Å². The maximum Gasteiger partial charge on any atom is 0.0644 e. The minimum Gasteiger partial charge on any atom is -0.378 e. The minimum atomic E-state index is 0.456. The maximum atomic E-state index is 5.99. The molecular formula is C20H32OS. The molecule has 2 rings (SSSR count). The summed E-state index contributed by atoms with van der Waals surface area (Å²) in [4.78, 5) is 0. The fourth-order valence-electron chi connectivity index (χ4n) is 3.33. The van der Waals surface area contributed by atoms with Crippen LogP contribution in [0.25, 0.3) is 0 Å². The number of rotatable bonds is 11.